The van der Waals surface area contributed by atoms with Crippen LogP contribution in [0.4, 0.5) is 0 Å². The third kappa shape index (κ3) is 7.47. The SMILES string of the molecule is CSC(C)CCNC(=O)C(=O)NCC(N)=S. The molecule has 0 heterocycles. The van der Waals surface area contributed by atoms with Crippen LogP contribution in [0, 0.1) is 0 Å². The maximum absolute atomic E-state index is 11.2. The van der Waals surface area contributed by atoms with E-state index in [4.69, 9.17) is 5.73 Å². The number of thioether (sulfide) groups is 1. The summed E-state index contributed by atoms with van der Waals surface area (Å²) in [4.78, 5) is 22.5. The van der Waals surface area contributed by atoms with E-state index >= 15 is 0 Å². The minimum atomic E-state index is -0.704. The number of carbonyl (C=O) groups excluding carboxylic acids is 2. The lowest BCUT2D eigenvalue weighted by Gasteiger charge is -2.09. The Hall–Kier alpha value is -0.820. The van der Waals surface area contributed by atoms with E-state index in [2.05, 4.69) is 29.8 Å². The molecule has 0 aliphatic carbocycles. The fourth-order valence-corrected chi connectivity index (χ4v) is 1.26. The molecule has 0 fully saturated rings. The predicted molar refractivity (Wildman–Crippen MR) is 70.4 cm³/mol. The molecule has 0 bridgehead atoms. The smallest absolute Gasteiger partial charge is 0.309 e. The Kier molecular flexibility index (Phi) is 7.92. The van der Waals surface area contributed by atoms with Crippen molar-refractivity contribution >= 4 is 40.8 Å². The van der Waals surface area contributed by atoms with Gasteiger partial charge in [0.15, 0.2) is 0 Å². The molecular weight excluding hydrogens is 246 g/mol. The van der Waals surface area contributed by atoms with E-state index in [1.54, 1.807) is 11.8 Å². The molecule has 0 rings (SSSR count). The van der Waals surface area contributed by atoms with Gasteiger partial charge in [-0.1, -0.05) is 19.1 Å². The van der Waals surface area contributed by atoms with E-state index in [1.165, 1.54) is 0 Å². The Morgan fingerprint density at radius 1 is 1.38 bits per heavy atom. The average Bonchev–Trinajstić information content (AvgIpc) is 2.25. The van der Waals surface area contributed by atoms with Gasteiger partial charge >= 0.3 is 11.8 Å². The van der Waals surface area contributed by atoms with Crippen molar-refractivity contribution < 1.29 is 9.59 Å². The van der Waals surface area contributed by atoms with Crippen LogP contribution in [0.5, 0.6) is 0 Å². The first-order valence-electron chi connectivity index (χ1n) is 4.84. The molecule has 0 radical (unpaired) electrons. The van der Waals surface area contributed by atoms with Crippen molar-refractivity contribution in [2.24, 2.45) is 5.73 Å². The summed E-state index contributed by atoms with van der Waals surface area (Å²) in [7, 11) is 0. The molecule has 5 nitrogen and oxygen atoms in total. The van der Waals surface area contributed by atoms with Gasteiger partial charge in [-0.2, -0.15) is 11.8 Å². The highest BCUT2D eigenvalue weighted by molar-refractivity contribution is 7.99. The Labute approximate surface area is 105 Å². The second-order valence-electron chi connectivity index (χ2n) is 3.24. The molecule has 0 spiro atoms. The van der Waals surface area contributed by atoms with Crippen molar-refractivity contribution in [3.63, 3.8) is 0 Å². The molecule has 0 aliphatic rings. The molecule has 4 N–H and O–H groups in total. The van der Waals surface area contributed by atoms with Crippen LogP contribution in [0.2, 0.25) is 0 Å². The first-order chi connectivity index (χ1) is 7.47. The fourth-order valence-electron chi connectivity index (χ4n) is 0.835. The van der Waals surface area contributed by atoms with E-state index in [9.17, 15) is 9.59 Å². The minimum Gasteiger partial charge on any atom is -0.392 e. The number of thiocarbonyl (C=S) groups is 1. The number of amides is 2. The molecule has 0 aromatic heterocycles. The van der Waals surface area contributed by atoms with Crippen LogP contribution < -0.4 is 16.4 Å². The molecule has 0 aliphatic heterocycles. The number of rotatable bonds is 6. The molecule has 0 aromatic carbocycles. The van der Waals surface area contributed by atoms with Gasteiger partial charge in [0.05, 0.1) is 11.5 Å². The van der Waals surface area contributed by atoms with Gasteiger partial charge in [0, 0.05) is 11.8 Å². The zero-order chi connectivity index (χ0) is 12.6. The van der Waals surface area contributed by atoms with Crippen LogP contribution in [0.25, 0.3) is 0 Å². The molecule has 1 atom stereocenters. The lowest BCUT2D eigenvalue weighted by atomic mass is 10.3. The average molecular weight is 263 g/mol. The van der Waals surface area contributed by atoms with E-state index in [1.807, 2.05) is 6.26 Å². The number of hydrogen-bond acceptors (Lipinski definition) is 4. The molecule has 92 valence electrons. The third-order valence-electron chi connectivity index (χ3n) is 1.87. The second kappa shape index (κ2) is 8.35. The first-order valence-corrected chi connectivity index (χ1v) is 6.54. The molecule has 0 saturated heterocycles. The van der Waals surface area contributed by atoms with Crippen molar-refractivity contribution in [1.82, 2.24) is 10.6 Å². The van der Waals surface area contributed by atoms with E-state index in [-0.39, 0.29) is 11.5 Å². The predicted octanol–water partition coefficient (Wildman–Crippen LogP) is -0.353. The Balaban J connectivity index is 3.71. The van der Waals surface area contributed by atoms with Crippen molar-refractivity contribution in [2.75, 3.05) is 19.3 Å². The quantitative estimate of drug-likeness (QED) is 0.450. The van der Waals surface area contributed by atoms with Crippen LogP contribution in [0.1, 0.15) is 13.3 Å². The van der Waals surface area contributed by atoms with E-state index in [0.29, 0.717) is 11.8 Å². The Morgan fingerprint density at radius 3 is 2.44 bits per heavy atom. The zero-order valence-electron chi connectivity index (χ0n) is 9.41. The van der Waals surface area contributed by atoms with Crippen LogP contribution in [-0.2, 0) is 9.59 Å². The number of nitrogens with one attached hydrogen (secondary N) is 2. The molecule has 0 saturated carbocycles. The third-order valence-corrected chi connectivity index (χ3v) is 3.05. The maximum Gasteiger partial charge on any atom is 0.309 e. The normalized spacial score (nSPS) is 11.6. The largest absolute Gasteiger partial charge is 0.392 e. The highest BCUT2D eigenvalue weighted by Gasteiger charge is 2.12. The summed E-state index contributed by atoms with van der Waals surface area (Å²) in [6, 6.07) is 0. The topological polar surface area (TPSA) is 84.2 Å². The monoisotopic (exact) mass is 263 g/mol. The highest BCUT2D eigenvalue weighted by atomic mass is 32.2. The standard InChI is InChI=1S/C9H17N3O2S2/c1-6(16-2)3-4-11-8(13)9(14)12-5-7(10)15/h6H,3-5H2,1-2H3,(H2,10,15)(H,11,13)(H,12,14). The van der Waals surface area contributed by atoms with Crippen molar-refractivity contribution in [2.45, 2.75) is 18.6 Å². The van der Waals surface area contributed by atoms with Crippen molar-refractivity contribution in [3.05, 3.63) is 0 Å². The Bertz CT molecular complexity index is 271. The van der Waals surface area contributed by atoms with Gasteiger partial charge in [-0.25, -0.2) is 0 Å². The van der Waals surface area contributed by atoms with Crippen LogP contribution in [0.3, 0.4) is 0 Å². The summed E-state index contributed by atoms with van der Waals surface area (Å²) in [5.74, 6) is -1.35. The van der Waals surface area contributed by atoms with Gasteiger partial charge in [-0.05, 0) is 12.7 Å². The minimum absolute atomic E-state index is 0.0444. The summed E-state index contributed by atoms with van der Waals surface area (Å²) < 4.78 is 0. The lowest BCUT2D eigenvalue weighted by Crippen LogP contribution is -2.43. The molecule has 0 aromatic rings. The van der Waals surface area contributed by atoms with E-state index in [0.717, 1.165) is 6.42 Å². The van der Waals surface area contributed by atoms with Crippen LogP contribution >= 0.6 is 24.0 Å². The zero-order valence-corrected chi connectivity index (χ0v) is 11.0. The van der Waals surface area contributed by atoms with Gasteiger partial charge in [0.25, 0.3) is 0 Å². The van der Waals surface area contributed by atoms with Gasteiger partial charge in [-0.15, -0.1) is 0 Å². The summed E-state index contributed by atoms with van der Waals surface area (Å²) in [6.07, 6.45) is 2.83. The Morgan fingerprint density at radius 2 is 1.94 bits per heavy atom. The lowest BCUT2D eigenvalue weighted by molar-refractivity contribution is -0.139. The van der Waals surface area contributed by atoms with Crippen LogP contribution in [0.15, 0.2) is 0 Å². The summed E-state index contributed by atoms with van der Waals surface area (Å²) >= 11 is 6.28. The fraction of sp³-hybridized carbons (Fsp3) is 0.667. The number of carbonyl (C=O) groups is 2. The molecular formula is C9H17N3O2S2. The van der Waals surface area contributed by atoms with Gasteiger partial charge < -0.3 is 16.4 Å². The summed E-state index contributed by atoms with van der Waals surface area (Å²) in [6.45, 7) is 2.59. The number of nitrogens with two attached hydrogens (primary N) is 1. The van der Waals surface area contributed by atoms with Gasteiger partial charge in [0.2, 0.25) is 0 Å². The molecule has 1 unspecified atom stereocenters. The van der Waals surface area contributed by atoms with Gasteiger partial charge in [-0.3, -0.25) is 9.59 Å². The first kappa shape index (κ1) is 15.2. The summed E-state index contributed by atoms with van der Waals surface area (Å²) in [5.41, 5.74) is 5.18. The van der Waals surface area contributed by atoms with Gasteiger partial charge in [0.1, 0.15) is 0 Å². The summed E-state index contributed by atoms with van der Waals surface area (Å²) in [5, 5.41) is 5.29. The second-order valence-corrected chi connectivity index (χ2v) is 5.04. The molecule has 2 amide bonds. The maximum atomic E-state index is 11.2. The molecule has 16 heavy (non-hydrogen) atoms. The van der Waals surface area contributed by atoms with E-state index < -0.39 is 11.8 Å². The van der Waals surface area contributed by atoms with Crippen molar-refractivity contribution in [3.8, 4) is 0 Å². The van der Waals surface area contributed by atoms with Crippen LogP contribution in [-0.4, -0.2) is 41.4 Å². The molecule has 7 heteroatoms. The highest BCUT2D eigenvalue weighted by Crippen LogP contribution is 2.07. The number of hydrogen-bond donors (Lipinski definition) is 3. The van der Waals surface area contributed by atoms with Crippen molar-refractivity contribution in [1.29, 1.82) is 0 Å².